The molecule has 0 fully saturated rings. The van der Waals surface area contributed by atoms with Crippen molar-refractivity contribution in [1.82, 2.24) is 0 Å². The summed E-state index contributed by atoms with van der Waals surface area (Å²) in [6, 6.07) is 16.8. The van der Waals surface area contributed by atoms with Gasteiger partial charge in [0.25, 0.3) is 0 Å². The Morgan fingerprint density at radius 1 is 0.960 bits per heavy atom. The first-order valence-electron chi connectivity index (χ1n) is 8.59. The zero-order valence-electron chi connectivity index (χ0n) is 14.4. The Morgan fingerprint density at radius 3 is 2.00 bits per heavy atom. The van der Waals surface area contributed by atoms with Crippen LogP contribution in [0.2, 0.25) is 0 Å². The summed E-state index contributed by atoms with van der Waals surface area (Å²) in [4.78, 5) is 5.97. The number of fused-ring (bicyclic) bond motifs is 2. The van der Waals surface area contributed by atoms with Gasteiger partial charge in [0.1, 0.15) is 12.6 Å². The number of rotatable bonds is 8. The fourth-order valence-corrected chi connectivity index (χ4v) is 4.34. The Kier molecular flexibility index (Phi) is 5.97. The number of quaternary nitrogens is 1. The van der Waals surface area contributed by atoms with Gasteiger partial charge in [-0.15, -0.1) is 0 Å². The lowest BCUT2D eigenvalue weighted by Crippen LogP contribution is -3.12. The molecule has 1 aliphatic heterocycles. The highest BCUT2D eigenvalue weighted by Crippen LogP contribution is 2.47. The second kappa shape index (κ2) is 8.39. The molecule has 0 saturated carbocycles. The first-order chi connectivity index (χ1) is 12.2. The van der Waals surface area contributed by atoms with E-state index in [4.69, 9.17) is 0 Å². The summed E-state index contributed by atoms with van der Waals surface area (Å²) >= 11 is 1.79. The van der Waals surface area contributed by atoms with Gasteiger partial charge in [-0.25, -0.2) is 0 Å². The lowest BCUT2D eigenvalue weighted by atomic mass is 10.2. The van der Waals surface area contributed by atoms with E-state index in [-0.39, 0.29) is 0 Å². The number of β-amino-alcohol motifs (C(OH)–C–C–N with tert-alkyl or cyclic N) is 1. The van der Waals surface area contributed by atoms with Crippen LogP contribution >= 0.6 is 11.8 Å². The monoisotopic (exact) mass is 353 g/mol. The van der Waals surface area contributed by atoms with Crippen molar-refractivity contribution in [1.29, 1.82) is 0 Å². The number of nitrogens with zero attached hydrogens (tertiary/aromatic N) is 1. The van der Waals surface area contributed by atoms with E-state index in [1.165, 1.54) is 26.1 Å². The molecule has 0 radical (unpaired) electrons. The molecular formula is C21H25N2OS+. The second-order valence-electron chi connectivity index (χ2n) is 6.24. The molecule has 0 spiro atoms. The number of hydrogen-bond donors (Lipinski definition) is 2. The molecule has 0 bridgehead atoms. The maximum atomic E-state index is 10.7. The van der Waals surface area contributed by atoms with E-state index in [0.717, 1.165) is 13.1 Å². The van der Waals surface area contributed by atoms with Gasteiger partial charge in [0.05, 0.1) is 31.0 Å². The van der Waals surface area contributed by atoms with Gasteiger partial charge in [-0.3, -0.25) is 0 Å². The maximum Gasteiger partial charge on any atom is 0.121 e. The molecule has 2 N–H and O–H groups in total. The Bertz CT molecular complexity index is 691. The molecule has 0 unspecified atom stereocenters. The highest BCUT2D eigenvalue weighted by atomic mass is 32.2. The minimum Gasteiger partial charge on any atom is -0.385 e. The number of hydrogen-bond acceptors (Lipinski definition) is 3. The minimum absolute atomic E-state index is 0.431. The third kappa shape index (κ3) is 4.15. The van der Waals surface area contributed by atoms with Crippen molar-refractivity contribution >= 4 is 23.1 Å². The standard InChI is InChI=1S/C21H24N2OS/c1-3-13-22(14-4-2)15-17(24)16-23-18-9-5-7-11-20(18)25-21-12-8-6-10-19(21)23/h3-12,17,24H,1-2,13-16H2/p+1/t17-/m0/s1. The van der Waals surface area contributed by atoms with E-state index in [9.17, 15) is 5.11 Å². The molecule has 0 aliphatic carbocycles. The van der Waals surface area contributed by atoms with Crippen molar-refractivity contribution in [3.8, 4) is 0 Å². The van der Waals surface area contributed by atoms with Crippen molar-refractivity contribution < 1.29 is 10.0 Å². The van der Waals surface area contributed by atoms with Crippen LogP contribution in [0.25, 0.3) is 0 Å². The summed E-state index contributed by atoms with van der Waals surface area (Å²) in [5, 5.41) is 10.7. The van der Waals surface area contributed by atoms with Crippen LogP contribution in [0.3, 0.4) is 0 Å². The predicted octanol–water partition coefficient (Wildman–Crippen LogP) is 2.91. The average molecular weight is 354 g/mol. The molecule has 130 valence electrons. The van der Waals surface area contributed by atoms with E-state index in [0.29, 0.717) is 13.1 Å². The Labute approximate surface area is 154 Å². The molecule has 4 heteroatoms. The fourth-order valence-electron chi connectivity index (χ4n) is 3.24. The van der Waals surface area contributed by atoms with Crippen molar-refractivity contribution in [3.05, 3.63) is 73.8 Å². The summed E-state index contributed by atoms with van der Waals surface area (Å²) in [6.07, 6.45) is 3.36. The van der Waals surface area contributed by atoms with Gasteiger partial charge in [-0.1, -0.05) is 49.2 Å². The minimum atomic E-state index is -0.431. The zero-order chi connectivity index (χ0) is 17.6. The summed E-state index contributed by atoms with van der Waals surface area (Å²) < 4.78 is 0. The van der Waals surface area contributed by atoms with Gasteiger partial charge in [0.2, 0.25) is 0 Å². The number of nitrogens with one attached hydrogen (secondary N) is 1. The van der Waals surface area contributed by atoms with Crippen LogP contribution in [0.1, 0.15) is 0 Å². The number of aliphatic hydroxyl groups is 1. The zero-order valence-corrected chi connectivity index (χ0v) is 15.2. The maximum absolute atomic E-state index is 10.7. The molecule has 0 saturated heterocycles. The molecule has 2 aromatic rings. The van der Waals surface area contributed by atoms with Crippen molar-refractivity contribution in [3.63, 3.8) is 0 Å². The van der Waals surface area contributed by atoms with Gasteiger partial charge in [-0.05, 0) is 36.4 Å². The number of aliphatic hydroxyl groups excluding tert-OH is 1. The second-order valence-corrected chi connectivity index (χ2v) is 7.33. The van der Waals surface area contributed by atoms with E-state index >= 15 is 0 Å². The molecule has 2 aromatic carbocycles. The SMILES string of the molecule is C=CC[NH+](CC=C)C[C@H](O)CN1c2ccccc2Sc2ccccc21. The smallest absolute Gasteiger partial charge is 0.121 e. The first kappa shape index (κ1) is 17.8. The molecule has 1 aliphatic rings. The lowest BCUT2D eigenvalue weighted by molar-refractivity contribution is -0.891. The fraction of sp³-hybridized carbons (Fsp3) is 0.238. The van der Waals surface area contributed by atoms with E-state index in [1.807, 2.05) is 12.2 Å². The first-order valence-corrected chi connectivity index (χ1v) is 9.41. The third-order valence-corrected chi connectivity index (χ3v) is 5.45. The normalized spacial score (nSPS) is 13.9. The van der Waals surface area contributed by atoms with Gasteiger partial charge >= 0.3 is 0 Å². The highest BCUT2D eigenvalue weighted by Gasteiger charge is 2.25. The summed E-state index contributed by atoms with van der Waals surface area (Å²) in [6.45, 7) is 10.5. The van der Waals surface area contributed by atoms with Crippen LogP contribution in [-0.4, -0.2) is 37.4 Å². The molecule has 0 aromatic heterocycles. The van der Waals surface area contributed by atoms with Gasteiger partial charge in [0.15, 0.2) is 0 Å². The van der Waals surface area contributed by atoms with Crippen LogP contribution in [0, 0.1) is 0 Å². The quantitative estimate of drug-likeness (QED) is 0.715. The van der Waals surface area contributed by atoms with Crippen molar-refractivity contribution in [2.24, 2.45) is 0 Å². The molecule has 1 atom stereocenters. The van der Waals surface area contributed by atoms with Gasteiger partial charge < -0.3 is 14.9 Å². The van der Waals surface area contributed by atoms with Crippen LogP contribution in [0.5, 0.6) is 0 Å². The Morgan fingerprint density at radius 2 is 1.48 bits per heavy atom. The number of anilines is 2. The largest absolute Gasteiger partial charge is 0.385 e. The predicted molar refractivity (Wildman–Crippen MR) is 106 cm³/mol. The number of benzene rings is 2. The summed E-state index contributed by atoms with van der Waals surface area (Å²) in [5.41, 5.74) is 2.33. The van der Waals surface area contributed by atoms with Crippen LogP contribution in [-0.2, 0) is 0 Å². The molecule has 3 nitrogen and oxygen atoms in total. The Hall–Kier alpha value is -2.01. The summed E-state index contributed by atoms with van der Waals surface area (Å²) in [5.74, 6) is 0. The topological polar surface area (TPSA) is 27.9 Å². The van der Waals surface area contributed by atoms with Crippen molar-refractivity contribution in [2.45, 2.75) is 15.9 Å². The molecule has 1 heterocycles. The van der Waals surface area contributed by atoms with E-state index < -0.39 is 6.10 Å². The van der Waals surface area contributed by atoms with Crippen LogP contribution in [0.4, 0.5) is 11.4 Å². The van der Waals surface area contributed by atoms with Gasteiger partial charge in [0, 0.05) is 9.79 Å². The highest BCUT2D eigenvalue weighted by molar-refractivity contribution is 7.99. The Balaban J connectivity index is 1.81. The van der Waals surface area contributed by atoms with E-state index in [2.05, 4.69) is 66.6 Å². The summed E-state index contributed by atoms with van der Waals surface area (Å²) in [7, 11) is 0. The van der Waals surface area contributed by atoms with Crippen molar-refractivity contribution in [2.75, 3.05) is 31.1 Å². The average Bonchev–Trinajstić information content (AvgIpc) is 2.62. The molecule has 0 amide bonds. The third-order valence-electron chi connectivity index (χ3n) is 4.32. The van der Waals surface area contributed by atoms with Gasteiger partial charge in [-0.2, -0.15) is 0 Å². The lowest BCUT2D eigenvalue weighted by Gasteiger charge is -2.34. The number of para-hydroxylation sites is 2. The molecule has 3 rings (SSSR count). The van der Waals surface area contributed by atoms with E-state index in [1.54, 1.807) is 11.8 Å². The van der Waals surface area contributed by atoms with Crippen LogP contribution < -0.4 is 9.80 Å². The molecular weight excluding hydrogens is 328 g/mol. The molecule has 25 heavy (non-hydrogen) atoms. The van der Waals surface area contributed by atoms with Crippen LogP contribution in [0.15, 0.2) is 83.6 Å².